The van der Waals surface area contributed by atoms with Gasteiger partial charge in [-0.3, -0.25) is 14.5 Å². The number of nitrogens with one attached hydrogen (secondary N) is 1. The molecular weight excluding hydrogens is 352 g/mol. The Morgan fingerprint density at radius 3 is 2.82 bits per heavy atom. The molecule has 28 heavy (non-hydrogen) atoms. The van der Waals surface area contributed by atoms with Gasteiger partial charge in [0.25, 0.3) is 5.91 Å². The van der Waals surface area contributed by atoms with Gasteiger partial charge in [0, 0.05) is 36.6 Å². The fraction of sp³-hybridized carbons (Fsp3) is 0.591. The topological polar surface area (TPSA) is 69.0 Å². The molecule has 6 heteroatoms. The Balaban J connectivity index is 1.33. The second kappa shape index (κ2) is 6.14. The van der Waals surface area contributed by atoms with Crippen LogP contribution in [0.1, 0.15) is 77.9 Å². The summed E-state index contributed by atoms with van der Waals surface area (Å²) in [5.74, 6) is 1.34. The Kier molecular flexibility index (Phi) is 3.67. The average Bonchev–Trinajstić information content (AvgIpc) is 3.21. The molecular formula is C22H26N4O2. The molecule has 0 spiro atoms. The van der Waals surface area contributed by atoms with E-state index in [1.807, 2.05) is 24.4 Å². The Hall–Kier alpha value is -2.21. The van der Waals surface area contributed by atoms with E-state index < -0.39 is 0 Å². The van der Waals surface area contributed by atoms with Crippen LogP contribution in [0, 0.1) is 5.92 Å². The van der Waals surface area contributed by atoms with Gasteiger partial charge in [0.15, 0.2) is 5.69 Å². The SMILES string of the molecule is O=C(NC1(c2ccccn2)CCC1)c1nn(C2CCOCC2)c2c1C[C@H]1C[C@@H]21. The van der Waals surface area contributed by atoms with E-state index >= 15 is 0 Å². The zero-order valence-corrected chi connectivity index (χ0v) is 16.1. The number of carbonyl (C=O) groups excluding carboxylic acids is 1. The summed E-state index contributed by atoms with van der Waals surface area (Å²) in [5, 5.41) is 8.23. The van der Waals surface area contributed by atoms with Crippen LogP contribution in [0.15, 0.2) is 24.4 Å². The first-order valence-corrected chi connectivity index (χ1v) is 10.7. The molecule has 1 aliphatic heterocycles. The smallest absolute Gasteiger partial charge is 0.272 e. The van der Waals surface area contributed by atoms with Crippen molar-refractivity contribution in [3.8, 4) is 0 Å². The number of aromatic nitrogens is 3. The Labute approximate surface area is 164 Å². The molecule has 2 aromatic rings. The number of ether oxygens (including phenoxy) is 1. The van der Waals surface area contributed by atoms with Gasteiger partial charge >= 0.3 is 0 Å². The van der Waals surface area contributed by atoms with E-state index in [2.05, 4.69) is 15.0 Å². The maximum atomic E-state index is 13.4. The van der Waals surface area contributed by atoms with Gasteiger partial charge in [-0.15, -0.1) is 0 Å². The predicted octanol–water partition coefficient (Wildman–Crippen LogP) is 3.10. The molecule has 4 aliphatic rings. The summed E-state index contributed by atoms with van der Waals surface area (Å²) in [4.78, 5) is 17.9. The molecule has 1 N–H and O–H groups in total. The second-order valence-corrected chi connectivity index (χ2v) is 8.91. The first-order valence-electron chi connectivity index (χ1n) is 10.7. The third-order valence-corrected chi connectivity index (χ3v) is 7.26. The Morgan fingerprint density at radius 1 is 1.25 bits per heavy atom. The lowest BCUT2D eigenvalue weighted by molar-refractivity contribution is 0.0650. The van der Waals surface area contributed by atoms with Crippen molar-refractivity contribution in [2.24, 2.45) is 5.92 Å². The highest BCUT2D eigenvalue weighted by Gasteiger charge is 2.51. The van der Waals surface area contributed by atoms with Crippen LogP contribution in [0.5, 0.6) is 0 Å². The number of nitrogens with zero attached hydrogens (tertiary/aromatic N) is 3. The van der Waals surface area contributed by atoms with E-state index in [-0.39, 0.29) is 11.4 Å². The van der Waals surface area contributed by atoms with Gasteiger partial charge in [0.1, 0.15) is 0 Å². The number of carbonyl (C=O) groups is 1. The molecule has 0 radical (unpaired) electrons. The summed E-state index contributed by atoms with van der Waals surface area (Å²) in [6, 6.07) is 6.32. The molecule has 3 heterocycles. The van der Waals surface area contributed by atoms with Gasteiger partial charge in [-0.2, -0.15) is 5.10 Å². The number of hydrogen-bond acceptors (Lipinski definition) is 4. The fourth-order valence-corrected chi connectivity index (χ4v) is 5.44. The highest BCUT2D eigenvalue weighted by molar-refractivity contribution is 5.95. The molecule has 6 nitrogen and oxygen atoms in total. The molecule has 1 saturated heterocycles. The highest BCUT2D eigenvalue weighted by atomic mass is 16.5. The van der Waals surface area contributed by atoms with Crippen LogP contribution in [0.3, 0.4) is 0 Å². The summed E-state index contributed by atoms with van der Waals surface area (Å²) in [6.07, 6.45) is 9.09. The normalized spacial score (nSPS) is 27.6. The quantitative estimate of drug-likeness (QED) is 0.888. The zero-order valence-electron chi connectivity index (χ0n) is 16.1. The molecule has 1 amide bonds. The number of amides is 1. The maximum absolute atomic E-state index is 13.4. The number of rotatable bonds is 4. The third kappa shape index (κ3) is 2.47. The van der Waals surface area contributed by atoms with E-state index in [0.717, 1.165) is 63.4 Å². The predicted molar refractivity (Wildman–Crippen MR) is 103 cm³/mol. The molecule has 2 atom stereocenters. The van der Waals surface area contributed by atoms with Crippen molar-refractivity contribution in [1.82, 2.24) is 20.1 Å². The standard InChI is InChI=1S/C22H26N4O2/c27-21(24-22(7-3-8-22)18-4-1-2-9-23-18)19-17-13-14-12-16(14)20(17)26(25-19)15-5-10-28-11-6-15/h1-2,4,9,14-16H,3,5-8,10-13H2,(H,24,27)/t14-,16-/m1/s1. The number of hydrogen-bond donors (Lipinski definition) is 1. The minimum atomic E-state index is -0.324. The van der Waals surface area contributed by atoms with Crippen molar-refractivity contribution in [1.29, 1.82) is 0 Å². The molecule has 146 valence electrons. The van der Waals surface area contributed by atoms with E-state index in [4.69, 9.17) is 9.84 Å². The molecule has 0 bridgehead atoms. The van der Waals surface area contributed by atoms with Gasteiger partial charge < -0.3 is 10.1 Å². The molecule has 3 aliphatic carbocycles. The van der Waals surface area contributed by atoms with E-state index in [1.165, 1.54) is 17.7 Å². The summed E-state index contributed by atoms with van der Waals surface area (Å²) in [6.45, 7) is 1.58. The molecule has 2 saturated carbocycles. The van der Waals surface area contributed by atoms with E-state index in [9.17, 15) is 4.79 Å². The first-order chi connectivity index (χ1) is 13.8. The summed E-state index contributed by atoms with van der Waals surface area (Å²) in [5.41, 5.74) is 3.87. The lowest BCUT2D eigenvalue weighted by Crippen LogP contribution is -2.51. The molecule has 0 aromatic carbocycles. The van der Waals surface area contributed by atoms with Crippen LogP contribution >= 0.6 is 0 Å². The van der Waals surface area contributed by atoms with Gasteiger partial charge in [-0.1, -0.05) is 6.07 Å². The largest absolute Gasteiger partial charge is 0.381 e. The van der Waals surface area contributed by atoms with Crippen LogP contribution in [0.2, 0.25) is 0 Å². The molecule has 6 rings (SSSR count). The zero-order chi connectivity index (χ0) is 18.7. The minimum Gasteiger partial charge on any atom is -0.381 e. The van der Waals surface area contributed by atoms with Crippen molar-refractivity contribution in [2.75, 3.05) is 13.2 Å². The first kappa shape index (κ1) is 16.7. The third-order valence-electron chi connectivity index (χ3n) is 7.26. The molecule has 0 unspecified atom stereocenters. The maximum Gasteiger partial charge on any atom is 0.272 e. The summed E-state index contributed by atoms with van der Waals surface area (Å²) >= 11 is 0. The van der Waals surface area contributed by atoms with E-state index in [1.54, 1.807) is 0 Å². The second-order valence-electron chi connectivity index (χ2n) is 8.91. The Morgan fingerprint density at radius 2 is 2.11 bits per heavy atom. The molecule has 3 fully saturated rings. The lowest BCUT2D eigenvalue weighted by Gasteiger charge is -2.41. The summed E-state index contributed by atoms with van der Waals surface area (Å²) in [7, 11) is 0. The fourth-order valence-electron chi connectivity index (χ4n) is 5.44. The minimum absolute atomic E-state index is 0.0197. The Bertz CT molecular complexity index is 912. The van der Waals surface area contributed by atoms with Crippen molar-refractivity contribution in [2.45, 2.75) is 62.4 Å². The monoisotopic (exact) mass is 378 g/mol. The van der Waals surface area contributed by atoms with Crippen molar-refractivity contribution in [3.05, 3.63) is 47.0 Å². The van der Waals surface area contributed by atoms with Gasteiger partial charge in [0.2, 0.25) is 0 Å². The van der Waals surface area contributed by atoms with Crippen LogP contribution in [0.4, 0.5) is 0 Å². The average molecular weight is 378 g/mol. The van der Waals surface area contributed by atoms with E-state index in [0.29, 0.717) is 17.7 Å². The van der Waals surface area contributed by atoms with Gasteiger partial charge in [0.05, 0.1) is 17.3 Å². The van der Waals surface area contributed by atoms with Crippen molar-refractivity contribution in [3.63, 3.8) is 0 Å². The number of pyridine rings is 1. The van der Waals surface area contributed by atoms with Crippen LogP contribution < -0.4 is 5.32 Å². The summed E-state index contributed by atoms with van der Waals surface area (Å²) < 4.78 is 7.75. The molecule has 2 aromatic heterocycles. The van der Waals surface area contributed by atoms with Crippen LogP contribution in [-0.4, -0.2) is 33.9 Å². The lowest BCUT2D eigenvalue weighted by atomic mass is 9.74. The van der Waals surface area contributed by atoms with Gasteiger partial charge in [-0.05, 0) is 63.0 Å². The number of fused-ring (bicyclic) bond motifs is 3. The van der Waals surface area contributed by atoms with Crippen molar-refractivity contribution < 1.29 is 9.53 Å². The van der Waals surface area contributed by atoms with Crippen molar-refractivity contribution >= 4 is 5.91 Å². The van der Waals surface area contributed by atoms with Crippen LogP contribution in [0.25, 0.3) is 0 Å². The highest BCUT2D eigenvalue weighted by Crippen LogP contribution is 2.57. The van der Waals surface area contributed by atoms with Gasteiger partial charge in [-0.25, -0.2) is 0 Å². The van der Waals surface area contributed by atoms with Crippen LogP contribution in [-0.2, 0) is 16.7 Å².